The molecule has 1 saturated carbocycles. The van der Waals surface area contributed by atoms with Gasteiger partial charge in [-0.3, -0.25) is 0 Å². The summed E-state index contributed by atoms with van der Waals surface area (Å²) < 4.78 is 13.3. The summed E-state index contributed by atoms with van der Waals surface area (Å²) in [6.07, 6.45) is 4.57. The quantitative estimate of drug-likeness (QED) is 0.870. The molecule has 1 aliphatic carbocycles. The van der Waals surface area contributed by atoms with E-state index < -0.39 is 11.8 Å². The Morgan fingerprint density at radius 2 is 1.95 bits per heavy atom. The molecule has 0 aromatic heterocycles. The van der Waals surface area contributed by atoms with Crippen molar-refractivity contribution in [3.63, 3.8) is 0 Å². The zero-order valence-corrected chi connectivity index (χ0v) is 12.0. The van der Waals surface area contributed by atoms with Gasteiger partial charge in [-0.1, -0.05) is 13.8 Å². The van der Waals surface area contributed by atoms with Gasteiger partial charge in [0.25, 0.3) is 0 Å². The molecule has 4 heteroatoms. The molecule has 0 unspecified atom stereocenters. The Kier molecular flexibility index (Phi) is 4.63. The van der Waals surface area contributed by atoms with Crippen molar-refractivity contribution in [2.24, 2.45) is 11.8 Å². The number of anilines is 1. The molecule has 2 rings (SSSR count). The Labute approximate surface area is 119 Å². The largest absolute Gasteiger partial charge is 0.478 e. The molecule has 1 fully saturated rings. The molecular weight excluding hydrogens is 257 g/mol. The molecule has 1 aromatic rings. The first-order valence-electron chi connectivity index (χ1n) is 7.26. The van der Waals surface area contributed by atoms with Crippen LogP contribution in [0.2, 0.25) is 0 Å². The van der Waals surface area contributed by atoms with E-state index in [9.17, 15) is 9.18 Å². The number of benzene rings is 1. The Morgan fingerprint density at radius 1 is 1.30 bits per heavy atom. The molecule has 3 nitrogen and oxygen atoms in total. The number of hydrogen-bond donors (Lipinski definition) is 2. The smallest absolute Gasteiger partial charge is 0.338 e. The summed E-state index contributed by atoms with van der Waals surface area (Å²) in [7, 11) is 0. The summed E-state index contributed by atoms with van der Waals surface area (Å²) in [5.74, 6) is -0.405. The van der Waals surface area contributed by atoms with Gasteiger partial charge in [0, 0.05) is 11.7 Å². The van der Waals surface area contributed by atoms with Crippen LogP contribution >= 0.6 is 0 Å². The van der Waals surface area contributed by atoms with E-state index in [0.29, 0.717) is 11.7 Å². The molecule has 1 aromatic carbocycles. The fraction of sp³-hybridized carbons (Fsp3) is 0.562. The minimum atomic E-state index is -1.23. The molecular formula is C16H22FNO2. The lowest BCUT2D eigenvalue weighted by Crippen LogP contribution is -2.28. The van der Waals surface area contributed by atoms with Gasteiger partial charge in [-0.25, -0.2) is 9.18 Å². The first-order chi connectivity index (χ1) is 9.47. The molecule has 0 saturated heterocycles. The van der Waals surface area contributed by atoms with Gasteiger partial charge < -0.3 is 10.4 Å². The summed E-state index contributed by atoms with van der Waals surface area (Å²) in [5, 5.41) is 12.3. The Bertz CT molecular complexity index is 479. The highest BCUT2D eigenvalue weighted by Crippen LogP contribution is 2.31. The van der Waals surface area contributed by atoms with Crippen molar-refractivity contribution in [3.05, 3.63) is 29.6 Å². The van der Waals surface area contributed by atoms with E-state index in [4.69, 9.17) is 5.11 Å². The van der Waals surface area contributed by atoms with Crippen LogP contribution in [-0.4, -0.2) is 17.1 Å². The van der Waals surface area contributed by atoms with Gasteiger partial charge in [-0.15, -0.1) is 0 Å². The molecule has 0 aliphatic heterocycles. The maximum absolute atomic E-state index is 13.3. The van der Waals surface area contributed by atoms with Crippen molar-refractivity contribution >= 4 is 11.7 Å². The van der Waals surface area contributed by atoms with Crippen molar-refractivity contribution in [1.29, 1.82) is 0 Å². The van der Waals surface area contributed by atoms with Crippen LogP contribution < -0.4 is 5.32 Å². The summed E-state index contributed by atoms with van der Waals surface area (Å²) in [5.41, 5.74) is 0.419. The number of carbonyl (C=O) groups is 1. The minimum absolute atomic E-state index is 0.272. The van der Waals surface area contributed by atoms with Gasteiger partial charge in [-0.05, 0) is 55.7 Å². The molecule has 0 amide bonds. The number of rotatable bonds is 4. The fourth-order valence-electron chi connectivity index (χ4n) is 2.94. The van der Waals surface area contributed by atoms with E-state index in [-0.39, 0.29) is 5.56 Å². The van der Waals surface area contributed by atoms with Gasteiger partial charge >= 0.3 is 5.97 Å². The molecule has 0 spiro atoms. The first-order valence-corrected chi connectivity index (χ1v) is 7.26. The second-order valence-corrected chi connectivity index (χ2v) is 6.00. The Morgan fingerprint density at radius 3 is 2.50 bits per heavy atom. The van der Waals surface area contributed by atoms with Crippen LogP contribution in [0.4, 0.5) is 10.1 Å². The van der Waals surface area contributed by atoms with Crippen LogP contribution in [0.5, 0.6) is 0 Å². The number of carboxylic acids is 1. The lowest BCUT2D eigenvalue weighted by atomic mass is 9.79. The van der Waals surface area contributed by atoms with Crippen LogP contribution in [0, 0.1) is 17.7 Å². The lowest BCUT2D eigenvalue weighted by Gasteiger charge is -2.31. The molecule has 110 valence electrons. The van der Waals surface area contributed by atoms with Crippen molar-refractivity contribution in [1.82, 2.24) is 0 Å². The zero-order valence-electron chi connectivity index (χ0n) is 12.0. The zero-order chi connectivity index (χ0) is 14.7. The number of hydrogen-bond acceptors (Lipinski definition) is 2. The molecule has 1 aliphatic rings. The second kappa shape index (κ2) is 6.25. The molecule has 0 atom stereocenters. The normalized spacial score (nSPS) is 22.8. The highest BCUT2D eigenvalue weighted by atomic mass is 19.1. The van der Waals surface area contributed by atoms with Gasteiger partial charge in [0.05, 0.1) is 5.56 Å². The second-order valence-electron chi connectivity index (χ2n) is 6.00. The van der Waals surface area contributed by atoms with E-state index in [0.717, 1.165) is 24.7 Å². The standard InChI is InChI=1S/C16H22FNO2/c1-10(2)11-3-5-12(6-4-11)18-13-7-8-15(17)14(9-13)16(19)20/h7-12,18H,3-6H2,1-2H3,(H,19,20). The number of aromatic carboxylic acids is 1. The SMILES string of the molecule is CC(C)C1CCC(Nc2ccc(F)c(C(=O)O)c2)CC1. The molecule has 2 N–H and O–H groups in total. The summed E-state index contributed by atoms with van der Waals surface area (Å²) in [6.45, 7) is 4.52. The summed E-state index contributed by atoms with van der Waals surface area (Å²) in [6, 6.07) is 4.56. The van der Waals surface area contributed by atoms with Crippen LogP contribution in [0.15, 0.2) is 18.2 Å². The Balaban J connectivity index is 1.98. The predicted molar refractivity (Wildman–Crippen MR) is 77.6 cm³/mol. The van der Waals surface area contributed by atoms with Gasteiger partial charge in [0.1, 0.15) is 5.82 Å². The third-order valence-electron chi connectivity index (χ3n) is 4.28. The number of carboxylic acid groups (broad SMARTS) is 1. The van der Waals surface area contributed by atoms with E-state index in [1.807, 2.05) is 0 Å². The van der Waals surface area contributed by atoms with E-state index >= 15 is 0 Å². The molecule has 0 heterocycles. The molecule has 0 bridgehead atoms. The fourth-order valence-corrected chi connectivity index (χ4v) is 2.94. The third-order valence-corrected chi connectivity index (χ3v) is 4.28. The minimum Gasteiger partial charge on any atom is -0.478 e. The van der Waals surface area contributed by atoms with Crippen LogP contribution in [0.3, 0.4) is 0 Å². The predicted octanol–water partition coefficient (Wildman–Crippen LogP) is 4.15. The van der Waals surface area contributed by atoms with E-state index in [2.05, 4.69) is 19.2 Å². The molecule has 20 heavy (non-hydrogen) atoms. The first kappa shape index (κ1) is 14.8. The monoisotopic (exact) mass is 279 g/mol. The van der Waals surface area contributed by atoms with Crippen LogP contribution in [0.1, 0.15) is 49.9 Å². The maximum atomic E-state index is 13.3. The highest BCUT2D eigenvalue weighted by Gasteiger charge is 2.23. The topological polar surface area (TPSA) is 49.3 Å². The van der Waals surface area contributed by atoms with Crippen LogP contribution in [-0.2, 0) is 0 Å². The van der Waals surface area contributed by atoms with Crippen molar-refractivity contribution in [2.45, 2.75) is 45.6 Å². The number of halogens is 1. The van der Waals surface area contributed by atoms with Crippen LogP contribution in [0.25, 0.3) is 0 Å². The molecule has 0 radical (unpaired) electrons. The van der Waals surface area contributed by atoms with Crippen molar-refractivity contribution in [3.8, 4) is 0 Å². The average Bonchev–Trinajstić information content (AvgIpc) is 2.41. The number of nitrogens with one attached hydrogen (secondary N) is 1. The average molecular weight is 279 g/mol. The van der Waals surface area contributed by atoms with E-state index in [1.165, 1.54) is 25.0 Å². The summed E-state index contributed by atoms with van der Waals surface area (Å²) in [4.78, 5) is 10.9. The lowest BCUT2D eigenvalue weighted by molar-refractivity contribution is 0.0692. The third kappa shape index (κ3) is 3.50. The van der Waals surface area contributed by atoms with E-state index in [1.54, 1.807) is 6.07 Å². The summed E-state index contributed by atoms with van der Waals surface area (Å²) >= 11 is 0. The van der Waals surface area contributed by atoms with Gasteiger partial charge in [0.15, 0.2) is 0 Å². The highest BCUT2D eigenvalue weighted by molar-refractivity contribution is 5.89. The van der Waals surface area contributed by atoms with Gasteiger partial charge in [-0.2, -0.15) is 0 Å². The van der Waals surface area contributed by atoms with Gasteiger partial charge in [0.2, 0.25) is 0 Å². The van der Waals surface area contributed by atoms with Crippen molar-refractivity contribution < 1.29 is 14.3 Å². The maximum Gasteiger partial charge on any atom is 0.338 e. The van der Waals surface area contributed by atoms with Crippen molar-refractivity contribution in [2.75, 3.05) is 5.32 Å². The Hall–Kier alpha value is -1.58.